The lowest BCUT2D eigenvalue weighted by atomic mass is 10.0. The van der Waals surface area contributed by atoms with Gasteiger partial charge in [-0.05, 0) is 40.1 Å². The number of hydrogen-bond donors (Lipinski definition) is 2. The molecular formula is C21H17N7. The highest BCUT2D eigenvalue weighted by molar-refractivity contribution is 5.85. The van der Waals surface area contributed by atoms with Crippen molar-refractivity contribution in [3.63, 3.8) is 0 Å². The monoisotopic (exact) mass is 367 g/mol. The van der Waals surface area contributed by atoms with Gasteiger partial charge >= 0.3 is 0 Å². The highest BCUT2D eigenvalue weighted by Gasteiger charge is 2.10. The van der Waals surface area contributed by atoms with E-state index in [1.165, 1.54) is 16.3 Å². The van der Waals surface area contributed by atoms with Gasteiger partial charge in [0.05, 0.1) is 5.69 Å². The molecule has 0 radical (unpaired) electrons. The highest BCUT2D eigenvalue weighted by atomic mass is 15.5. The van der Waals surface area contributed by atoms with Gasteiger partial charge in [0.15, 0.2) is 0 Å². The third kappa shape index (κ3) is 3.14. The number of nitrogens with one attached hydrogen (secondary N) is 2. The number of fused-ring (bicyclic) bond motifs is 1. The predicted molar refractivity (Wildman–Crippen MR) is 106 cm³/mol. The minimum Gasteiger partial charge on any atom is -0.348 e. The number of aryl methyl sites for hydroxylation is 2. The summed E-state index contributed by atoms with van der Waals surface area (Å²) in [4.78, 5) is 12.4. The van der Waals surface area contributed by atoms with Gasteiger partial charge in [-0.15, -0.1) is 10.2 Å². The first-order valence-electron chi connectivity index (χ1n) is 9.08. The van der Waals surface area contributed by atoms with Gasteiger partial charge in [-0.25, -0.2) is 4.98 Å². The number of pyridine rings is 1. The Hall–Kier alpha value is -3.87. The van der Waals surface area contributed by atoms with Crippen molar-refractivity contribution in [2.75, 3.05) is 0 Å². The molecule has 7 heteroatoms. The second kappa shape index (κ2) is 7.03. The van der Waals surface area contributed by atoms with Gasteiger partial charge in [-0.3, -0.25) is 4.98 Å². The van der Waals surface area contributed by atoms with Crippen LogP contribution in [-0.2, 0) is 12.8 Å². The van der Waals surface area contributed by atoms with E-state index in [0.717, 1.165) is 35.6 Å². The van der Waals surface area contributed by atoms with Crippen LogP contribution in [0.2, 0.25) is 0 Å². The molecule has 28 heavy (non-hydrogen) atoms. The maximum Gasteiger partial charge on any atom is 0.204 e. The Balaban J connectivity index is 1.36. The minimum atomic E-state index is 0.537. The number of tetrazole rings is 1. The lowest BCUT2D eigenvalue weighted by Crippen LogP contribution is -1.95. The van der Waals surface area contributed by atoms with Gasteiger partial charge in [0.2, 0.25) is 5.82 Å². The van der Waals surface area contributed by atoms with Crippen molar-refractivity contribution in [1.82, 2.24) is 35.6 Å². The van der Waals surface area contributed by atoms with Crippen molar-refractivity contribution in [1.29, 1.82) is 0 Å². The van der Waals surface area contributed by atoms with Crippen LogP contribution in [0, 0.1) is 0 Å². The van der Waals surface area contributed by atoms with Crippen molar-refractivity contribution in [3.05, 3.63) is 78.4 Å². The number of aromatic nitrogens is 7. The van der Waals surface area contributed by atoms with E-state index in [-0.39, 0.29) is 0 Å². The molecule has 3 heterocycles. The summed E-state index contributed by atoms with van der Waals surface area (Å²) in [6, 6.07) is 18.7. The van der Waals surface area contributed by atoms with E-state index in [9.17, 15) is 0 Å². The summed E-state index contributed by atoms with van der Waals surface area (Å²) in [5.74, 6) is 1.48. The van der Waals surface area contributed by atoms with Crippen molar-refractivity contribution < 1.29 is 0 Å². The standard InChI is InChI=1S/C21H17N7/c1-2-7-17-14(4-1)5-3-6-15(17)8-9-20-23-13-19(24-20)18-12-16(10-11-22-18)21-25-27-28-26-21/h1-7,10-13H,8-9H2,(H,23,24)(H,25,26,27,28). The Morgan fingerprint density at radius 2 is 1.82 bits per heavy atom. The number of hydrogen-bond acceptors (Lipinski definition) is 5. The van der Waals surface area contributed by atoms with Crippen LogP contribution < -0.4 is 0 Å². The van der Waals surface area contributed by atoms with Crippen LogP contribution in [0.3, 0.4) is 0 Å². The molecule has 0 saturated carbocycles. The molecule has 3 aromatic heterocycles. The average molecular weight is 367 g/mol. The summed E-state index contributed by atoms with van der Waals surface area (Å²) >= 11 is 0. The molecule has 0 unspecified atom stereocenters. The Bertz CT molecular complexity index is 1220. The Kier molecular flexibility index (Phi) is 4.10. The van der Waals surface area contributed by atoms with E-state index in [4.69, 9.17) is 4.98 Å². The summed E-state index contributed by atoms with van der Waals surface area (Å²) in [7, 11) is 0. The lowest BCUT2D eigenvalue weighted by molar-refractivity contribution is 0.881. The highest BCUT2D eigenvalue weighted by Crippen LogP contribution is 2.22. The van der Waals surface area contributed by atoms with E-state index in [1.807, 2.05) is 18.3 Å². The molecule has 0 aliphatic heterocycles. The van der Waals surface area contributed by atoms with Crippen molar-refractivity contribution in [3.8, 4) is 22.8 Å². The zero-order chi connectivity index (χ0) is 18.8. The first-order chi connectivity index (χ1) is 13.9. The molecule has 5 rings (SSSR count). The van der Waals surface area contributed by atoms with Crippen LogP contribution in [-0.4, -0.2) is 35.6 Å². The molecule has 0 spiro atoms. The third-order valence-corrected chi connectivity index (χ3v) is 4.77. The van der Waals surface area contributed by atoms with E-state index in [1.54, 1.807) is 6.20 Å². The number of aromatic amines is 2. The molecule has 2 N–H and O–H groups in total. The largest absolute Gasteiger partial charge is 0.348 e. The molecule has 0 saturated heterocycles. The zero-order valence-electron chi connectivity index (χ0n) is 15.0. The summed E-state index contributed by atoms with van der Waals surface area (Å²) < 4.78 is 0. The van der Waals surface area contributed by atoms with Crippen LogP contribution in [0.25, 0.3) is 33.5 Å². The molecule has 5 aromatic rings. The fourth-order valence-corrected chi connectivity index (χ4v) is 3.38. The molecule has 0 bridgehead atoms. The summed E-state index contributed by atoms with van der Waals surface area (Å²) in [6.45, 7) is 0. The van der Waals surface area contributed by atoms with E-state index < -0.39 is 0 Å². The van der Waals surface area contributed by atoms with E-state index >= 15 is 0 Å². The van der Waals surface area contributed by atoms with Gasteiger partial charge in [-0.1, -0.05) is 42.5 Å². The molecule has 136 valence electrons. The number of H-pyrrole nitrogens is 2. The van der Waals surface area contributed by atoms with Crippen LogP contribution >= 0.6 is 0 Å². The maximum absolute atomic E-state index is 4.72. The van der Waals surface area contributed by atoms with Crippen LogP contribution in [0.4, 0.5) is 0 Å². The average Bonchev–Trinajstić information content (AvgIpc) is 3.45. The Morgan fingerprint density at radius 1 is 0.893 bits per heavy atom. The lowest BCUT2D eigenvalue weighted by Gasteiger charge is -2.05. The number of rotatable bonds is 5. The van der Waals surface area contributed by atoms with Gasteiger partial charge < -0.3 is 4.98 Å². The zero-order valence-corrected chi connectivity index (χ0v) is 15.0. The fourth-order valence-electron chi connectivity index (χ4n) is 3.38. The number of imidazole rings is 1. The number of nitrogens with zero attached hydrogens (tertiary/aromatic N) is 5. The van der Waals surface area contributed by atoms with Crippen molar-refractivity contribution in [2.45, 2.75) is 12.8 Å². The summed E-state index contributed by atoms with van der Waals surface area (Å²) in [5.41, 5.74) is 3.75. The summed E-state index contributed by atoms with van der Waals surface area (Å²) in [5, 5.41) is 16.7. The Morgan fingerprint density at radius 3 is 2.75 bits per heavy atom. The van der Waals surface area contributed by atoms with Crippen LogP contribution in [0.15, 0.2) is 67.0 Å². The second-order valence-corrected chi connectivity index (χ2v) is 6.54. The molecule has 7 nitrogen and oxygen atoms in total. The van der Waals surface area contributed by atoms with Crippen LogP contribution in [0.5, 0.6) is 0 Å². The smallest absolute Gasteiger partial charge is 0.204 e. The van der Waals surface area contributed by atoms with E-state index in [2.05, 4.69) is 73.1 Å². The fraction of sp³-hybridized carbons (Fsp3) is 0.0952. The Labute approximate surface area is 160 Å². The topological polar surface area (TPSA) is 96.0 Å². The van der Waals surface area contributed by atoms with Crippen molar-refractivity contribution in [2.24, 2.45) is 0 Å². The summed E-state index contributed by atoms with van der Waals surface area (Å²) in [6.07, 6.45) is 5.37. The first kappa shape index (κ1) is 16.3. The number of benzene rings is 2. The quantitative estimate of drug-likeness (QED) is 0.495. The first-order valence-corrected chi connectivity index (χ1v) is 9.08. The van der Waals surface area contributed by atoms with Gasteiger partial charge in [0.25, 0.3) is 0 Å². The third-order valence-electron chi connectivity index (χ3n) is 4.77. The molecule has 0 amide bonds. The maximum atomic E-state index is 4.72. The molecule has 0 atom stereocenters. The predicted octanol–water partition coefficient (Wildman–Crippen LogP) is 3.59. The molecule has 0 fully saturated rings. The normalized spacial score (nSPS) is 11.1. The SMILES string of the molecule is c1ccc2c(CCc3nc(-c4cc(-c5nn[nH]n5)ccn4)c[nH]3)cccc2c1. The van der Waals surface area contributed by atoms with E-state index in [0.29, 0.717) is 5.82 Å². The molecular weight excluding hydrogens is 350 g/mol. The van der Waals surface area contributed by atoms with Gasteiger partial charge in [-0.2, -0.15) is 5.21 Å². The molecule has 2 aromatic carbocycles. The van der Waals surface area contributed by atoms with Crippen molar-refractivity contribution >= 4 is 10.8 Å². The molecule has 0 aliphatic carbocycles. The molecule has 0 aliphatic rings. The van der Waals surface area contributed by atoms with Gasteiger partial charge in [0.1, 0.15) is 11.5 Å². The minimum absolute atomic E-state index is 0.537. The van der Waals surface area contributed by atoms with Crippen LogP contribution in [0.1, 0.15) is 11.4 Å². The second-order valence-electron chi connectivity index (χ2n) is 6.54. The van der Waals surface area contributed by atoms with Gasteiger partial charge in [0, 0.05) is 24.4 Å².